The second kappa shape index (κ2) is 6.74. The van der Waals surface area contributed by atoms with Gasteiger partial charge in [0, 0.05) is 22.7 Å². The van der Waals surface area contributed by atoms with Crippen LogP contribution in [0.25, 0.3) is 34.1 Å². The Morgan fingerprint density at radius 2 is 1.76 bits per heavy atom. The highest BCUT2D eigenvalue weighted by Gasteiger charge is 2.11. The van der Waals surface area contributed by atoms with Crippen LogP contribution in [0.3, 0.4) is 0 Å². The van der Waals surface area contributed by atoms with Gasteiger partial charge in [-0.05, 0) is 18.6 Å². The van der Waals surface area contributed by atoms with E-state index in [1.54, 1.807) is 29.7 Å². The Bertz CT molecular complexity index is 993. The van der Waals surface area contributed by atoms with Crippen LogP contribution in [0.15, 0.2) is 52.5 Å². The molecule has 0 saturated heterocycles. The third-order valence-corrected chi connectivity index (χ3v) is 4.91. The monoisotopic (exact) mass is 368 g/mol. The third kappa shape index (κ3) is 3.31. The Balaban J connectivity index is 1.59. The van der Waals surface area contributed by atoms with Gasteiger partial charge in [0.1, 0.15) is 5.15 Å². The highest BCUT2D eigenvalue weighted by molar-refractivity contribution is 7.09. The van der Waals surface area contributed by atoms with Crippen molar-refractivity contribution in [3.05, 3.63) is 58.1 Å². The second-order valence-electron chi connectivity index (χ2n) is 5.35. The zero-order valence-corrected chi connectivity index (χ0v) is 14.9. The number of halogens is 1. The van der Waals surface area contributed by atoms with Crippen LogP contribution >= 0.6 is 22.9 Å². The minimum atomic E-state index is 0.412. The van der Waals surface area contributed by atoms with E-state index in [9.17, 15) is 0 Å². The molecule has 1 aromatic carbocycles. The summed E-state index contributed by atoms with van der Waals surface area (Å²) in [4.78, 5) is 13.1. The van der Waals surface area contributed by atoms with Gasteiger partial charge in [-0.25, -0.2) is 9.97 Å². The van der Waals surface area contributed by atoms with Gasteiger partial charge >= 0.3 is 0 Å². The van der Waals surface area contributed by atoms with Crippen LogP contribution in [-0.2, 0) is 6.42 Å². The van der Waals surface area contributed by atoms with E-state index in [0.29, 0.717) is 16.9 Å². The van der Waals surface area contributed by atoms with E-state index in [2.05, 4.69) is 32.4 Å². The number of aromatic nitrogens is 4. The van der Waals surface area contributed by atoms with Crippen LogP contribution in [0.1, 0.15) is 11.9 Å². The van der Waals surface area contributed by atoms with E-state index < -0.39 is 0 Å². The van der Waals surface area contributed by atoms with E-state index in [0.717, 1.165) is 33.8 Å². The quantitative estimate of drug-likeness (QED) is 0.467. The number of hydrogen-bond acceptors (Lipinski definition) is 6. The van der Waals surface area contributed by atoms with Crippen molar-refractivity contribution in [2.24, 2.45) is 0 Å². The van der Waals surface area contributed by atoms with Crippen LogP contribution in [0.2, 0.25) is 5.15 Å². The van der Waals surface area contributed by atoms with Gasteiger partial charge in [-0.1, -0.05) is 47.9 Å². The highest BCUT2D eigenvalue weighted by Crippen LogP contribution is 2.26. The number of pyridine rings is 1. The molecular weight excluding hydrogens is 356 g/mol. The molecule has 124 valence electrons. The van der Waals surface area contributed by atoms with Crippen molar-refractivity contribution in [3.8, 4) is 34.1 Å². The third-order valence-electron chi connectivity index (χ3n) is 3.69. The lowest BCUT2D eigenvalue weighted by atomic mass is 10.1. The Labute approximate surface area is 153 Å². The lowest BCUT2D eigenvalue weighted by Crippen LogP contribution is -1.84. The molecule has 0 radical (unpaired) electrons. The predicted octanol–water partition coefficient (Wildman–Crippen LogP) is 5.14. The van der Waals surface area contributed by atoms with Crippen LogP contribution in [0.5, 0.6) is 0 Å². The van der Waals surface area contributed by atoms with Crippen molar-refractivity contribution in [1.29, 1.82) is 0 Å². The van der Waals surface area contributed by atoms with Crippen molar-refractivity contribution in [3.63, 3.8) is 0 Å². The maximum absolute atomic E-state index is 5.79. The molecular formula is C18H13ClN4OS. The van der Waals surface area contributed by atoms with Gasteiger partial charge in [-0.15, -0.1) is 11.3 Å². The number of benzene rings is 1. The molecule has 25 heavy (non-hydrogen) atoms. The molecule has 0 aliphatic heterocycles. The van der Waals surface area contributed by atoms with Gasteiger partial charge in [0.15, 0.2) is 0 Å². The van der Waals surface area contributed by atoms with E-state index in [1.807, 2.05) is 24.3 Å². The van der Waals surface area contributed by atoms with Gasteiger partial charge < -0.3 is 4.52 Å². The molecule has 0 aliphatic carbocycles. The summed E-state index contributed by atoms with van der Waals surface area (Å²) >= 11 is 7.47. The van der Waals surface area contributed by atoms with Crippen LogP contribution < -0.4 is 0 Å². The second-order valence-corrected chi connectivity index (χ2v) is 6.68. The Morgan fingerprint density at radius 1 is 1.00 bits per heavy atom. The van der Waals surface area contributed by atoms with Gasteiger partial charge in [-0.2, -0.15) is 4.98 Å². The molecule has 0 aliphatic rings. The molecule has 0 spiro atoms. The molecule has 0 saturated carbocycles. The smallest absolute Gasteiger partial charge is 0.259 e. The van der Waals surface area contributed by atoms with E-state index >= 15 is 0 Å². The van der Waals surface area contributed by atoms with Crippen molar-refractivity contribution in [2.75, 3.05) is 0 Å². The Hall–Kier alpha value is -2.57. The summed E-state index contributed by atoms with van der Waals surface area (Å²) in [6.45, 7) is 2.11. The first-order valence-corrected chi connectivity index (χ1v) is 8.99. The fourth-order valence-corrected chi connectivity index (χ4v) is 3.22. The number of hydrogen-bond donors (Lipinski definition) is 0. The summed E-state index contributed by atoms with van der Waals surface area (Å²) in [5.41, 5.74) is 3.68. The maximum Gasteiger partial charge on any atom is 0.259 e. The number of aryl methyl sites for hydroxylation is 1. The highest BCUT2D eigenvalue weighted by atomic mass is 35.5. The van der Waals surface area contributed by atoms with E-state index in [-0.39, 0.29) is 0 Å². The maximum atomic E-state index is 5.79. The number of thiazole rings is 1. The van der Waals surface area contributed by atoms with Crippen molar-refractivity contribution in [1.82, 2.24) is 20.1 Å². The topological polar surface area (TPSA) is 64.7 Å². The zero-order valence-electron chi connectivity index (χ0n) is 13.3. The van der Waals surface area contributed by atoms with Crippen molar-refractivity contribution >= 4 is 22.9 Å². The van der Waals surface area contributed by atoms with Crippen LogP contribution in [0.4, 0.5) is 0 Å². The molecule has 4 aromatic rings. The van der Waals surface area contributed by atoms with Crippen molar-refractivity contribution < 1.29 is 4.52 Å². The van der Waals surface area contributed by atoms with Gasteiger partial charge in [0.25, 0.3) is 5.89 Å². The van der Waals surface area contributed by atoms with E-state index in [4.69, 9.17) is 16.1 Å². The molecule has 4 rings (SSSR count). The molecule has 7 heteroatoms. The summed E-state index contributed by atoms with van der Waals surface area (Å²) in [6.07, 6.45) is 2.56. The van der Waals surface area contributed by atoms with Gasteiger partial charge in [-0.3, -0.25) is 0 Å². The molecule has 5 nitrogen and oxygen atoms in total. The molecule has 3 aromatic heterocycles. The molecule has 0 atom stereocenters. The number of rotatable bonds is 4. The van der Waals surface area contributed by atoms with Crippen LogP contribution in [-0.4, -0.2) is 20.1 Å². The standard InChI is InChI=1S/C18H13ClN4OS/c1-2-16-21-14(10-25-16)11-3-5-12(6-4-11)17-22-18(24-23-17)13-7-8-15(19)20-9-13/h3-10H,2H2,1H3. The normalized spacial score (nSPS) is 11.0. The first kappa shape index (κ1) is 15.9. The predicted molar refractivity (Wildman–Crippen MR) is 98.5 cm³/mol. The Morgan fingerprint density at radius 3 is 2.44 bits per heavy atom. The zero-order chi connectivity index (χ0) is 17.2. The lowest BCUT2D eigenvalue weighted by Gasteiger charge is -1.98. The minimum Gasteiger partial charge on any atom is -0.334 e. The summed E-state index contributed by atoms with van der Waals surface area (Å²) in [5, 5.41) is 7.68. The molecule has 0 amide bonds. The fraction of sp³-hybridized carbons (Fsp3) is 0.111. The fourth-order valence-electron chi connectivity index (χ4n) is 2.36. The molecule has 0 bridgehead atoms. The largest absolute Gasteiger partial charge is 0.334 e. The first-order valence-electron chi connectivity index (χ1n) is 7.74. The first-order chi connectivity index (χ1) is 12.2. The average Bonchev–Trinajstić information content (AvgIpc) is 3.32. The van der Waals surface area contributed by atoms with Gasteiger partial charge in [0.2, 0.25) is 5.82 Å². The summed E-state index contributed by atoms with van der Waals surface area (Å²) in [7, 11) is 0. The SMILES string of the molecule is CCc1nc(-c2ccc(-c3noc(-c4ccc(Cl)nc4)n3)cc2)cs1. The van der Waals surface area contributed by atoms with Gasteiger partial charge in [0.05, 0.1) is 16.3 Å². The molecule has 0 unspecified atom stereocenters. The van der Waals surface area contributed by atoms with Crippen LogP contribution in [0, 0.1) is 0 Å². The van der Waals surface area contributed by atoms with E-state index in [1.165, 1.54) is 0 Å². The number of nitrogens with zero attached hydrogens (tertiary/aromatic N) is 4. The molecule has 3 heterocycles. The minimum absolute atomic E-state index is 0.412. The lowest BCUT2D eigenvalue weighted by molar-refractivity contribution is 0.432. The van der Waals surface area contributed by atoms with Crippen molar-refractivity contribution in [2.45, 2.75) is 13.3 Å². The summed E-state index contributed by atoms with van der Waals surface area (Å²) in [5.74, 6) is 0.944. The average molecular weight is 369 g/mol. The summed E-state index contributed by atoms with van der Waals surface area (Å²) < 4.78 is 5.32. The summed E-state index contributed by atoms with van der Waals surface area (Å²) in [6, 6.07) is 11.5. The molecule has 0 N–H and O–H groups in total. The Kier molecular flexibility index (Phi) is 4.29. The molecule has 0 fully saturated rings.